The van der Waals surface area contributed by atoms with E-state index in [1.54, 1.807) is 12.1 Å². The molecule has 1 aromatic carbocycles. The van der Waals surface area contributed by atoms with Gasteiger partial charge in [-0.25, -0.2) is 0 Å². The number of aromatic hydroxyl groups is 1. The van der Waals surface area contributed by atoms with Gasteiger partial charge >= 0.3 is 0 Å². The van der Waals surface area contributed by atoms with E-state index in [1.807, 2.05) is 12.1 Å². The van der Waals surface area contributed by atoms with E-state index in [2.05, 4.69) is 4.90 Å². The van der Waals surface area contributed by atoms with Crippen LogP contribution in [0.25, 0.3) is 0 Å². The second kappa shape index (κ2) is 4.64. The lowest BCUT2D eigenvalue weighted by Gasteiger charge is -2.20. The summed E-state index contributed by atoms with van der Waals surface area (Å²) in [5, 5.41) is 18.3. The Morgan fingerprint density at radius 3 is 2.73 bits per heavy atom. The van der Waals surface area contributed by atoms with E-state index in [1.165, 1.54) is 12.8 Å². The van der Waals surface area contributed by atoms with E-state index in [9.17, 15) is 5.11 Å². The molecule has 0 amide bonds. The third-order valence-electron chi connectivity index (χ3n) is 2.75. The number of phenols is 1. The van der Waals surface area contributed by atoms with Gasteiger partial charge in [0.15, 0.2) is 0 Å². The van der Waals surface area contributed by atoms with Gasteiger partial charge in [-0.05, 0) is 30.5 Å². The van der Waals surface area contributed by atoms with Gasteiger partial charge < -0.3 is 10.2 Å². The third kappa shape index (κ3) is 2.94. The molecule has 0 heterocycles. The van der Waals surface area contributed by atoms with Crippen molar-refractivity contribution >= 4 is 0 Å². The van der Waals surface area contributed by atoms with Crippen LogP contribution in [-0.4, -0.2) is 34.3 Å². The highest BCUT2D eigenvalue weighted by Gasteiger charge is 2.28. The van der Waals surface area contributed by atoms with Crippen molar-refractivity contribution in [3.63, 3.8) is 0 Å². The van der Waals surface area contributed by atoms with Crippen molar-refractivity contribution in [3.8, 4) is 5.75 Å². The van der Waals surface area contributed by atoms with Crippen LogP contribution >= 0.6 is 0 Å². The molecule has 82 valence electrons. The fourth-order valence-corrected chi connectivity index (χ4v) is 1.85. The topological polar surface area (TPSA) is 43.7 Å². The first-order valence-electron chi connectivity index (χ1n) is 5.42. The average molecular weight is 207 g/mol. The summed E-state index contributed by atoms with van der Waals surface area (Å²) in [6, 6.07) is 7.96. The van der Waals surface area contributed by atoms with Gasteiger partial charge in [0, 0.05) is 19.1 Å². The van der Waals surface area contributed by atoms with Crippen LogP contribution in [0.3, 0.4) is 0 Å². The summed E-state index contributed by atoms with van der Waals surface area (Å²) in [7, 11) is 0. The van der Waals surface area contributed by atoms with Crippen LogP contribution in [0, 0.1) is 0 Å². The van der Waals surface area contributed by atoms with Gasteiger partial charge in [0.1, 0.15) is 5.75 Å². The maximum atomic E-state index is 9.34. The Hall–Kier alpha value is -1.06. The van der Waals surface area contributed by atoms with Crippen LogP contribution in [-0.2, 0) is 6.54 Å². The fraction of sp³-hybridized carbons (Fsp3) is 0.500. The van der Waals surface area contributed by atoms with Gasteiger partial charge in [-0.15, -0.1) is 0 Å². The van der Waals surface area contributed by atoms with Gasteiger partial charge in [0.05, 0.1) is 6.61 Å². The highest BCUT2D eigenvalue weighted by Crippen LogP contribution is 2.28. The van der Waals surface area contributed by atoms with Gasteiger partial charge in [0.2, 0.25) is 0 Å². The summed E-state index contributed by atoms with van der Waals surface area (Å²) >= 11 is 0. The maximum Gasteiger partial charge on any atom is 0.115 e. The molecule has 0 spiro atoms. The van der Waals surface area contributed by atoms with Crippen molar-refractivity contribution < 1.29 is 10.2 Å². The lowest BCUT2D eigenvalue weighted by molar-refractivity contribution is 0.183. The molecule has 15 heavy (non-hydrogen) atoms. The van der Waals surface area contributed by atoms with E-state index in [0.717, 1.165) is 18.7 Å². The molecule has 1 aromatic rings. The average Bonchev–Trinajstić information content (AvgIpc) is 3.00. The van der Waals surface area contributed by atoms with Crippen LogP contribution in [0.2, 0.25) is 0 Å². The zero-order valence-corrected chi connectivity index (χ0v) is 8.76. The summed E-state index contributed by atoms with van der Waals surface area (Å²) in [6.45, 7) is 1.75. The lowest BCUT2D eigenvalue weighted by Crippen LogP contribution is -2.28. The molecule has 0 radical (unpaired) electrons. The third-order valence-corrected chi connectivity index (χ3v) is 2.75. The van der Waals surface area contributed by atoms with Crippen molar-refractivity contribution in [1.29, 1.82) is 0 Å². The van der Waals surface area contributed by atoms with Crippen molar-refractivity contribution in [3.05, 3.63) is 29.8 Å². The van der Waals surface area contributed by atoms with Crippen molar-refractivity contribution in [1.82, 2.24) is 4.90 Å². The number of nitrogens with zero attached hydrogens (tertiary/aromatic N) is 1. The fourth-order valence-electron chi connectivity index (χ4n) is 1.85. The maximum absolute atomic E-state index is 9.34. The summed E-state index contributed by atoms with van der Waals surface area (Å²) < 4.78 is 0. The number of hydrogen-bond acceptors (Lipinski definition) is 3. The van der Waals surface area contributed by atoms with E-state index < -0.39 is 0 Å². The second-order valence-electron chi connectivity index (χ2n) is 4.10. The molecule has 3 heteroatoms. The summed E-state index contributed by atoms with van der Waals surface area (Å²) in [5.74, 6) is 0.312. The molecule has 0 unspecified atom stereocenters. The largest absolute Gasteiger partial charge is 0.508 e. The number of rotatable bonds is 5. The van der Waals surface area contributed by atoms with Crippen LogP contribution in [0.1, 0.15) is 18.4 Å². The van der Waals surface area contributed by atoms with Crippen LogP contribution in [0.15, 0.2) is 24.3 Å². The first-order valence-corrected chi connectivity index (χ1v) is 5.42. The zero-order valence-electron chi connectivity index (χ0n) is 8.76. The minimum absolute atomic E-state index is 0.204. The molecule has 1 aliphatic rings. The minimum atomic E-state index is 0.204. The molecule has 2 rings (SSSR count). The van der Waals surface area contributed by atoms with E-state index in [-0.39, 0.29) is 6.61 Å². The zero-order chi connectivity index (χ0) is 10.7. The number of aliphatic hydroxyl groups excluding tert-OH is 1. The van der Waals surface area contributed by atoms with Crippen LogP contribution in [0.4, 0.5) is 0 Å². The molecule has 1 fully saturated rings. The molecule has 0 aromatic heterocycles. The Labute approximate surface area is 90.0 Å². The molecule has 2 N–H and O–H groups in total. The van der Waals surface area contributed by atoms with Crippen LogP contribution in [0.5, 0.6) is 5.75 Å². The molecule has 0 saturated heterocycles. The van der Waals surface area contributed by atoms with Gasteiger partial charge in [-0.3, -0.25) is 4.90 Å². The first-order chi connectivity index (χ1) is 7.29. The highest BCUT2D eigenvalue weighted by molar-refractivity contribution is 5.27. The van der Waals surface area contributed by atoms with Crippen molar-refractivity contribution in [2.24, 2.45) is 0 Å². The van der Waals surface area contributed by atoms with Crippen LogP contribution < -0.4 is 0 Å². The van der Waals surface area contributed by atoms with E-state index in [0.29, 0.717) is 11.8 Å². The molecule has 1 saturated carbocycles. The Balaban J connectivity index is 1.98. The molecule has 0 bridgehead atoms. The molecule has 1 aliphatic carbocycles. The quantitative estimate of drug-likeness (QED) is 0.766. The number of hydrogen-bond donors (Lipinski definition) is 2. The molecule has 0 aliphatic heterocycles. The smallest absolute Gasteiger partial charge is 0.115 e. The Kier molecular flexibility index (Phi) is 3.23. The highest BCUT2D eigenvalue weighted by atomic mass is 16.3. The minimum Gasteiger partial charge on any atom is -0.508 e. The Morgan fingerprint density at radius 2 is 2.13 bits per heavy atom. The molecule has 3 nitrogen and oxygen atoms in total. The normalized spacial score (nSPS) is 15.9. The molecular weight excluding hydrogens is 190 g/mol. The van der Waals surface area contributed by atoms with Crippen molar-refractivity contribution in [2.45, 2.75) is 25.4 Å². The van der Waals surface area contributed by atoms with Gasteiger partial charge in [-0.1, -0.05) is 12.1 Å². The lowest BCUT2D eigenvalue weighted by atomic mass is 10.2. The first kappa shape index (κ1) is 10.5. The van der Waals surface area contributed by atoms with Crippen molar-refractivity contribution in [2.75, 3.05) is 13.2 Å². The number of phenolic OH excluding ortho intramolecular Hbond substituents is 1. The standard InChI is InChI=1S/C12H17NO2/c14-7-6-13(11-4-5-11)9-10-2-1-3-12(15)8-10/h1-3,8,11,14-15H,4-7,9H2. The Morgan fingerprint density at radius 1 is 1.33 bits per heavy atom. The van der Waals surface area contributed by atoms with Gasteiger partial charge in [-0.2, -0.15) is 0 Å². The monoisotopic (exact) mass is 207 g/mol. The van der Waals surface area contributed by atoms with E-state index >= 15 is 0 Å². The summed E-state index contributed by atoms with van der Waals surface area (Å²) in [6.07, 6.45) is 2.47. The molecule has 0 atom stereocenters. The predicted octanol–water partition coefficient (Wildman–Crippen LogP) is 1.35. The SMILES string of the molecule is OCCN(Cc1cccc(O)c1)C1CC1. The Bertz CT molecular complexity index is 323. The summed E-state index contributed by atoms with van der Waals surface area (Å²) in [5.41, 5.74) is 1.11. The molecular formula is C12H17NO2. The number of benzene rings is 1. The second-order valence-corrected chi connectivity index (χ2v) is 4.10. The predicted molar refractivity (Wildman–Crippen MR) is 58.6 cm³/mol. The number of aliphatic hydroxyl groups is 1. The van der Waals surface area contributed by atoms with E-state index in [4.69, 9.17) is 5.11 Å². The summed E-state index contributed by atoms with van der Waals surface area (Å²) in [4.78, 5) is 2.27. The van der Waals surface area contributed by atoms with Gasteiger partial charge in [0.25, 0.3) is 0 Å².